The van der Waals surface area contributed by atoms with E-state index in [1.165, 1.54) is 65.7 Å². The van der Waals surface area contributed by atoms with Gasteiger partial charge in [-0.05, 0) is 90.2 Å². The van der Waals surface area contributed by atoms with Crippen LogP contribution in [0.2, 0.25) is 0 Å². The zero-order valence-electron chi connectivity index (χ0n) is 26.6. The van der Waals surface area contributed by atoms with Crippen molar-refractivity contribution in [1.29, 1.82) is 0 Å². The fourth-order valence-corrected chi connectivity index (χ4v) is 7.36. The number of fused-ring (bicyclic) bond motifs is 3. The van der Waals surface area contributed by atoms with Gasteiger partial charge in [0.25, 0.3) is 0 Å². The summed E-state index contributed by atoms with van der Waals surface area (Å²) in [5, 5.41) is 10.2. The molecule has 9 rings (SSSR count). The van der Waals surface area contributed by atoms with Crippen LogP contribution in [0.5, 0.6) is 0 Å². The van der Waals surface area contributed by atoms with Gasteiger partial charge >= 0.3 is 0 Å². The minimum atomic E-state index is 0.0805. The van der Waals surface area contributed by atoms with Crippen LogP contribution in [0.3, 0.4) is 0 Å². The van der Waals surface area contributed by atoms with Crippen LogP contribution in [0.25, 0.3) is 87.6 Å². The summed E-state index contributed by atoms with van der Waals surface area (Å²) in [6.45, 7) is 9.04. The zero-order chi connectivity index (χ0) is 31.2. The summed E-state index contributed by atoms with van der Waals surface area (Å²) in [4.78, 5) is 0. The molecule has 0 fully saturated rings. The molecule has 8 aromatic carbocycles. The second kappa shape index (κ2) is 9.80. The molecule has 9 aromatic rings. The first-order valence-corrected chi connectivity index (χ1v) is 16.2. The Hall–Kier alpha value is -5.40. The van der Waals surface area contributed by atoms with E-state index in [9.17, 15) is 0 Å². The van der Waals surface area contributed by atoms with Gasteiger partial charge in [0.2, 0.25) is 0 Å². The molecule has 1 nitrogen and oxygen atoms in total. The lowest BCUT2D eigenvalue weighted by atomic mass is 9.81. The second-order valence-corrected chi connectivity index (χ2v) is 13.8. The molecular formula is C45H34O. The first-order chi connectivity index (χ1) is 22.3. The van der Waals surface area contributed by atoms with Crippen LogP contribution >= 0.6 is 0 Å². The van der Waals surface area contributed by atoms with Crippen molar-refractivity contribution >= 4 is 54.3 Å². The van der Waals surface area contributed by atoms with Gasteiger partial charge in [0, 0.05) is 16.3 Å². The first kappa shape index (κ1) is 27.0. The van der Waals surface area contributed by atoms with Gasteiger partial charge in [-0.2, -0.15) is 0 Å². The van der Waals surface area contributed by atoms with E-state index in [4.69, 9.17) is 4.42 Å². The van der Waals surface area contributed by atoms with E-state index in [2.05, 4.69) is 149 Å². The lowest BCUT2D eigenvalue weighted by Crippen LogP contribution is -2.10. The van der Waals surface area contributed by atoms with Gasteiger partial charge in [0.15, 0.2) is 0 Å². The quantitative estimate of drug-likeness (QED) is 0.187. The predicted molar refractivity (Wildman–Crippen MR) is 197 cm³/mol. The summed E-state index contributed by atoms with van der Waals surface area (Å²) in [6.07, 6.45) is 0. The average Bonchev–Trinajstić information content (AvgIpc) is 3.46. The largest absolute Gasteiger partial charge is 0.455 e. The highest BCUT2D eigenvalue weighted by molar-refractivity contribution is 6.28. The molecule has 1 heteroatoms. The van der Waals surface area contributed by atoms with Crippen molar-refractivity contribution in [3.8, 4) is 33.4 Å². The first-order valence-electron chi connectivity index (χ1n) is 16.2. The number of hydrogen-bond acceptors (Lipinski definition) is 1. The molecule has 0 aliphatic rings. The zero-order valence-corrected chi connectivity index (χ0v) is 26.6. The van der Waals surface area contributed by atoms with Crippen LogP contribution in [0.1, 0.15) is 31.9 Å². The van der Waals surface area contributed by atoms with Crippen molar-refractivity contribution in [3.05, 3.63) is 145 Å². The van der Waals surface area contributed by atoms with Crippen molar-refractivity contribution in [3.63, 3.8) is 0 Å². The Labute approximate surface area is 269 Å². The van der Waals surface area contributed by atoms with Crippen LogP contribution in [0.15, 0.2) is 138 Å². The molecule has 1 heterocycles. The van der Waals surface area contributed by atoms with Crippen LogP contribution in [-0.2, 0) is 5.41 Å². The lowest BCUT2D eigenvalue weighted by Gasteiger charge is -2.23. The molecule has 0 amide bonds. The molecule has 0 bridgehead atoms. The number of hydrogen-bond donors (Lipinski definition) is 0. The summed E-state index contributed by atoms with van der Waals surface area (Å²) in [6, 6.07) is 49.3. The van der Waals surface area contributed by atoms with Gasteiger partial charge in [-0.25, -0.2) is 0 Å². The Morgan fingerprint density at radius 2 is 1.02 bits per heavy atom. The molecule has 46 heavy (non-hydrogen) atoms. The standard InChI is InChI=1S/C45H34O/c1-27-12-14-29(15-13-27)39-26-40(37-23-21-32-25-33(45(2,3)4)24-31-20-22-36(39)43(37)42(31)32)30-18-16-28(17-19-30)34-9-7-10-38-35-8-5-6-11-41(35)46-44(34)38/h5-26H,1-4H3. The summed E-state index contributed by atoms with van der Waals surface area (Å²) >= 11 is 0. The smallest absolute Gasteiger partial charge is 0.143 e. The Bertz CT molecular complexity index is 2570. The number of rotatable bonds is 3. The number of benzene rings is 8. The number of aryl methyl sites for hydroxylation is 1. The maximum Gasteiger partial charge on any atom is 0.143 e. The van der Waals surface area contributed by atoms with Gasteiger partial charge in [-0.1, -0.05) is 148 Å². The molecule has 0 unspecified atom stereocenters. The summed E-state index contributed by atoms with van der Waals surface area (Å²) in [7, 11) is 0. The topological polar surface area (TPSA) is 13.1 Å². The Kier molecular flexibility index (Phi) is 5.74. The molecule has 0 aliphatic heterocycles. The minimum Gasteiger partial charge on any atom is -0.455 e. The fraction of sp³-hybridized carbons (Fsp3) is 0.111. The maximum absolute atomic E-state index is 6.38. The monoisotopic (exact) mass is 590 g/mol. The highest BCUT2D eigenvalue weighted by Crippen LogP contribution is 2.45. The van der Waals surface area contributed by atoms with Crippen LogP contribution in [0.4, 0.5) is 0 Å². The van der Waals surface area contributed by atoms with E-state index < -0.39 is 0 Å². The lowest BCUT2D eigenvalue weighted by molar-refractivity contribution is 0.591. The van der Waals surface area contributed by atoms with Crippen LogP contribution < -0.4 is 0 Å². The third kappa shape index (κ3) is 4.08. The van der Waals surface area contributed by atoms with Gasteiger partial charge in [-0.3, -0.25) is 0 Å². The molecule has 0 saturated carbocycles. The third-order valence-electron chi connectivity index (χ3n) is 9.86. The van der Waals surface area contributed by atoms with E-state index in [-0.39, 0.29) is 5.41 Å². The molecule has 0 atom stereocenters. The number of furan rings is 1. The predicted octanol–water partition coefficient (Wildman–Crippen LogP) is 13.1. The Morgan fingerprint density at radius 3 is 1.65 bits per heavy atom. The van der Waals surface area contributed by atoms with Gasteiger partial charge in [0.1, 0.15) is 11.2 Å². The summed E-state index contributed by atoms with van der Waals surface area (Å²) in [5.74, 6) is 0. The molecule has 1 aromatic heterocycles. The maximum atomic E-state index is 6.38. The Balaban J connectivity index is 1.27. The fourth-order valence-electron chi connectivity index (χ4n) is 7.36. The van der Waals surface area contributed by atoms with E-state index in [0.29, 0.717) is 0 Å². The molecule has 0 N–H and O–H groups in total. The Morgan fingerprint density at radius 1 is 0.457 bits per heavy atom. The second-order valence-electron chi connectivity index (χ2n) is 13.8. The van der Waals surface area contributed by atoms with E-state index in [1.807, 2.05) is 12.1 Å². The van der Waals surface area contributed by atoms with Crippen molar-refractivity contribution in [2.75, 3.05) is 0 Å². The van der Waals surface area contributed by atoms with Gasteiger partial charge in [-0.15, -0.1) is 0 Å². The van der Waals surface area contributed by atoms with E-state index in [1.54, 1.807) is 0 Å². The summed E-state index contributed by atoms with van der Waals surface area (Å²) < 4.78 is 6.38. The average molecular weight is 591 g/mol. The van der Waals surface area contributed by atoms with Crippen molar-refractivity contribution in [2.24, 2.45) is 0 Å². The minimum absolute atomic E-state index is 0.0805. The molecule has 220 valence electrons. The molecule has 0 saturated heterocycles. The van der Waals surface area contributed by atoms with E-state index in [0.717, 1.165) is 33.1 Å². The normalized spacial score (nSPS) is 12.3. The SMILES string of the molecule is Cc1ccc(-c2cc(-c3ccc(-c4cccc5c4oc4ccccc45)cc3)c3ccc4cc(C(C)(C)C)cc5ccc2c3c54)cc1. The van der Waals surface area contributed by atoms with Crippen molar-refractivity contribution < 1.29 is 4.42 Å². The molecule has 0 radical (unpaired) electrons. The molecule has 0 spiro atoms. The van der Waals surface area contributed by atoms with E-state index >= 15 is 0 Å². The van der Waals surface area contributed by atoms with Crippen LogP contribution in [0, 0.1) is 6.92 Å². The van der Waals surface area contributed by atoms with Crippen molar-refractivity contribution in [2.45, 2.75) is 33.1 Å². The summed E-state index contributed by atoms with van der Waals surface area (Å²) in [5.41, 5.74) is 11.8. The third-order valence-corrected chi connectivity index (χ3v) is 9.86. The number of para-hydroxylation sites is 2. The van der Waals surface area contributed by atoms with Crippen LogP contribution in [-0.4, -0.2) is 0 Å². The van der Waals surface area contributed by atoms with Gasteiger partial charge in [0.05, 0.1) is 0 Å². The highest BCUT2D eigenvalue weighted by atomic mass is 16.3. The molecular weight excluding hydrogens is 556 g/mol. The van der Waals surface area contributed by atoms with Crippen molar-refractivity contribution in [1.82, 2.24) is 0 Å². The van der Waals surface area contributed by atoms with Gasteiger partial charge < -0.3 is 4.42 Å². The highest BCUT2D eigenvalue weighted by Gasteiger charge is 2.20. The molecule has 0 aliphatic carbocycles.